The van der Waals surface area contributed by atoms with Gasteiger partial charge in [0.1, 0.15) is 0 Å². The first kappa shape index (κ1) is 18.5. The van der Waals surface area contributed by atoms with E-state index in [2.05, 4.69) is 51.6 Å². The Labute approximate surface area is 168 Å². The van der Waals surface area contributed by atoms with Crippen molar-refractivity contribution < 1.29 is 14.2 Å². The van der Waals surface area contributed by atoms with Gasteiger partial charge in [-0.3, -0.25) is 0 Å². The lowest BCUT2D eigenvalue weighted by Gasteiger charge is -2.14. The number of rotatable bonds is 6. The molecule has 0 bridgehead atoms. The van der Waals surface area contributed by atoms with E-state index in [-0.39, 0.29) is 0 Å². The molecule has 8 heteroatoms. The Balaban J connectivity index is 1.73. The molecule has 0 aliphatic carbocycles. The zero-order chi connectivity index (χ0) is 20.4. The minimum Gasteiger partial charge on any atom is -0.493 e. The highest BCUT2D eigenvalue weighted by atomic mass is 16.5. The highest BCUT2D eigenvalue weighted by Crippen LogP contribution is 2.40. The van der Waals surface area contributed by atoms with Crippen LogP contribution in [0.25, 0.3) is 17.0 Å². The number of nitrogens with one attached hydrogen (secondary N) is 1. The van der Waals surface area contributed by atoms with Gasteiger partial charge in [-0.25, -0.2) is 4.98 Å². The number of benzene rings is 2. The van der Waals surface area contributed by atoms with Crippen LogP contribution in [0.3, 0.4) is 0 Å². The molecule has 4 aromatic rings. The van der Waals surface area contributed by atoms with Crippen molar-refractivity contribution in [3.05, 3.63) is 54.2 Å². The van der Waals surface area contributed by atoms with Crippen LogP contribution < -0.4 is 19.5 Å². The predicted octanol–water partition coefficient (Wildman–Crippen LogP) is 3.87. The zero-order valence-corrected chi connectivity index (χ0v) is 16.6. The van der Waals surface area contributed by atoms with E-state index >= 15 is 0 Å². The third-order valence-electron chi connectivity index (χ3n) is 4.51. The van der Waals surface area contributed by atoms with Crippen LogP contribution >= 0.6 is 0 Å². The van der Waals surface area contributed by atoms with Crippen molar-refractivity contribution in [3.8, 4) is 28.5 Å². The van der Waals surface area contributed by atoms with Crippen molar-refractivity contribution in [2.24, 2.45) is 0 Å². The Morgan fingerprint density at radius 1 is 0.897 bits per heavy atom. The SMILES string of the molecule is COc1cc(Nc2nc3nccc(-c4ccc(C)cc4)n3n2)cc(OC)c1OC. The largest absolute Gasteiger partial charge is 0.493 e. The number of aromatic nitrogens is 4. The first-order chi connectivity index (χ1) is 14.1. The molecule has 0 radical (unpaired) electrons. The van der Waals surface area contributed by atoms with Crippen LogP contribution in [0.2, 0.25) is 0 Å². The smallest absolute Gasteiger partial charge is 0.254 e. The Bertz CT molecular complexity index is 1130. The minimum atomic E-state index is 0.409. The fraction of sp³-hybridized carbons (Fsp3) is 0.190. The fourth-order valence-electron chi connectivity index (χ4n) is 3.07. The molecule has 2 aromatic carbocycles. The molecular formula is C21H21N5O3. The summed E-state index contributed by atoms with van der Waals surface area (Å²) in [5, 5.41) is 7.76. The van der Waals surface area contributed by atoms with Crippen molar-refractivity contribution in [2.75, 3.05) is 26.6 Å². The van der Waals surface area contributed by atoms with E-state index in [1.807, 2.05) is 6.07 Å². The first-order valence-corrected chi connectivity index (χ1v) is 8.99. The number of nitrogens with zero attached hydrogens (tertiary/aromatic N) is 4. The quantitative estimate of drug-likeness (QED) is 0.534. The summed E-state index contributed by atoms with van der Waals surface area (Å²) in [4.78, 5) is 8.80. The van der Waals surface area contributed by atoms with E-state index in [1.165, 1.54) is 5.56 Å². The van der Waals surface area contributed by atoms with Gasteiger partial charge in [-0.1, -0.05) is 29.8 Å². The van der Waals surface area contributed by atoms with Gasteiger partial charge in [0.2, 0.25) is 11.7 Å². The molecule has 1 N–H and O–H groups in total. The second-order valence-electron chi connectivity index (χ2n) is 6.38. The summed E-state index contributed by atoms with van der Waals surface area (Å²) >= 11 is 0. The maximum Gasteiger partial charge on any atom is 0.254 e. The van der Waals surface area contributed by atoms with Crippen LogP contribution in [0.5, 0.6) is 17.2 Å². The van der Waals surface area contributed by atoms with E-state index in [9.17, 15) is 0 Å². The molecule has 0 aliphatic rings. The Morgan fingerprint density at radius 3 is 2.21 bits per heavy atom. The molecule has 2 aromatic heterocycles. The predicted molar refractivity (Wildman–Crippen MR) is 110 cm³/mol. The molecule has 0 atom stereocenters. The molecule has 29 heavy (non-hydrogen) atoms. The van der Waals surface area contributed by atoms with Gasteiger partial charge in [-0.05, 0) is 13.0 Å². The van der Waals surface area contributed by atoms with E-state index in [4.69, 9.17) is 14.2 Å². The molecule has 0 saturated carbocycles. The molecule has 0 unspecified atom stereocenters. The Morgan fingerprint density at radius 2 is 1.59 bits per heavy atom. The zero-order valence-electron chi connectivity index (χ0n) is 16.6. The van der Waals surface area contributed by atoms with Crippen molar-refractivity contribution >= 4 is 17.4 Å². The number of aryl methyl sites for hydroxylation is 1. The molecule has 2 heterocycles. The Hall–Kier alpha value is -3.81. The lowest BCUT2D eigenvalue weighted by molar-refractivity contribution is 0.324. The van der Waals surface area contributed by atoms with Crippen molar-refractivity contribution in [1.82, 2.24) is 19.6 Å². The van der Waals surface area contributed by atoms with Crippen LogP contribution in [0, 0.1) is 6.92 Å². The van der Waals surface area contributed by atoms with Crippen LogP contribution in [0.4, 0.5) is 11.6 Å². The van der Waals surface area contributed by atoms with Gasteiger partial charge < -0.3 is 19.5 Å². The third kappa shape index (κ3) is 3.52. The molecule has 8 nitrogen and oxygen atoms in total. The monoisotopic (exact) mass is 391 g/mol. The first-order valence-electron chi connectivity index (χ1n) is 8.99. The van der Waals surface area contributed by atoms with Crippen LogP contribution in [0.1, 0.15) is 5.56 Å². The van der Waals surface area contributed by atoms with Gasteiger partial charge in [0, 0.05) is 29.6 Å². The number of hydrogen-bond donors (Lipinski definition) is 1. The van der Waals surface area contributed by atoms with Crippen LogP contribution in [0.15, 0.2) is 48.7 Å². The number of fused-ring (bicyclic) bond motifs is 1. The van der Waals surface area contributed by atoms with E-state index in [0.717, 1.165) is 11.3 Å². The number of methoxy groups -OCH3 is 3. The standard InChI is InChI=1S/C21H21N5O3/c1-13-5-7-14(8-6-13)16-9-10-22-21-24-20(25-26(16)21)23-15-11-17(27-2)19(29-4)18(12-15)28-3/h5-12H,1-4H3,(H,23,25). The molecule has 4 rings (SSSR count). The summed E-state index contributed by atoms with van der Waals surface area (Å²) in [5.41, 5.74) is 3.84. The van der Waals surface area contributed by atoms with Gasteiger partial charge in [-0.15, -0.1) is 5.10 Å². The van der Waals surface area contributed by atoms with Gasteiger partial charge in [0.15, 0.2) is 11.5 Å². The average molecular weight is 391 g/mol. The Kier molecular flexibility index (Phi) is 4.90. The topological polar surface area (TPSA) is 82.8 Å². The molecule has 0 saturated heterocycles. The number of anilines is 2. The lowest BCUT2D eigenvalue weighted by atomic mass is 10.1. The molecule has 0 fully saturated rings. The second kappa shape index (κ2) is 7.67. The van der Waals surface area contributed by atoms with Gasteiger partial charge in [-0.2, -0.15) is 9.50 Å². The summed E-state index contributed by atoms with van der Waals surface area (Å²) in [6.45, 7) is 2.06. The van der Waals surface area contributed by atoms with Crippen molar-refractivity contribution in [2.45, 2.75) is 6.92 Å². The molecule has 0 spiro atoms. The number of ether oxygens (including phenoxy) is 3. The summed E-state index contributed by atoms with van der Waals surface area (Å²) < 4.78 is 17.9. The average Bonchev–Trinajstić information content (AvgIpc) is 3.16. The highest BCUT2D eigenvalue weighted by molar-refractivity contribution is 5.67. The summed E-state index contributed by atoms with van der Waals surface area (Å²) in [5.74, 6) is 2.50. The number of hydrogen-bond acceptors (Lipinski definition) is 7. The van der Waals surface area contributed by atoms with Gasteiger partial charge in [0.05, 0.1) is 27.0 Å². The van der Waals surface area contributed by atoms with Crippen LogP contribution in [-0.4, -0.2) is 40.9 Å². The molecule has 0 amide bonds. The van der Waals surface area contributed by atoms with Crippen molar-refractivity contribution in [3.63, 3.8) is 0 Å². The van der Waals surface area contributed by atoms with Gasteiger partial charge >= 0.3 is 0 Å². The minimum absolute atomic E-state index is 0.409. The fourth-order valence-corrected chi connectivity index (χ4v) is 3.07. The van der Waals surface area contributed by atoms with Crippen molar-refractivity contribution in [1.29, 1.82) is 0 Å². The summed E-state index contributed by atoms with van der Waals surface area (Å²) in [7, 11) is 4.71. The van der Waals surface area contributed by atoms with Gasteiger partial charge in [0.25, 0.3) is 5.78 Å². The maximum atomic E-state index is 5.40. The second-order valence-corrected chi connectivity index (χ2v) is 6.38. The lowest BCUT2D eigenvalue weighted by Crippen LogP contribution is -1.99. The normalized spacial score (nSPS) is 10.8. The van der Waals surface area contributed by atoms with E-state index < -0.39 is 0 Å². The summed E-state index contributed by atoms with van der Waals surface area (Å²) in [6, 6.07) is 13.7. The summed E-state index contributed by atoms with van der Waals surface area (Å²) in [6.07, 6.45) is 1.72. The molecule has 0 aliphatic heterocycles. The molecule has 148 valence electrons. The van der Waals surface area contributed by atoms with E-state index in [1.54, 1.807) is 44.2 Å². The van der Waals surface area contributed by atoms with Crippen LogP contribution in [-0.2, 0) is 0 Å². The maximum absolute atomic E-state index is 5.40. The highest BCUT2D eigenvalue weighted by Gasteiger charge is 2.15. The molecular weight excluding hydrogens is 370 g/mol. The third-order valence-corrected chi connectivity index (χ3v) is 4.51. The van der Waals surface area contributed by atoms with E-state index in [0.29, 0.717) is 34.7 Å².